The second-order valence-corrected chi connectivity index (χ2v) is 3.44. The largest absolute Gasteiger partial charge is 0.581 e. The maximum absolute atomic E-state index is 9.83. The minimum Gasteiger partial charge on any atom is -0.330 e. The summed E-state index contributed by atoms with van der Waals surface area (Å²) in [5.74, 6) is 0. The van der Waals surface area contributed by atoms with Crippen LogP contribution in [0.25, 0.3) is 0 Å². The molecule has 0 aliphatic heterocycles. The summed E-state index contributed by atoms with van der Waals surface area (Å²) in [4.78, 5) is 29.5. The van der Waals surface area contributed by atoms with Crippen LogP contribution < -0.4 is 5.73 Å². The standard InChI is InChI=1S/C3H8NO3Si/c4-2-1-3-8(5,6)7/h1-4H2. The first-order valence-electron chi connectivity index (χ1n) is 2.37. The Bertz CT molecular complexity index is 62.0. The van der Waals surface area contributed by atoms with Gasteiger partial charge >= 0.3 is 8.80 Å². The molecule has 0 aromatic rings. The highest BCUT2D eigenvalue weighted by Crippen LogP contribution is 2.01. The first-order chi connectivity index (χ1) is 3.56. The molecule has 47 valence electrons. The predicted octanol–water partition coefficient (Wildman–Crippen LogP) is -0.434. The van der Waals surface area contributed by atoms with Gasteiger partial charge in [-0.2, -0.15) is 0 Å². The molecule has 0 aliphatic carbocycles. The first kappa shape index (κ1) is 8.06. The normalized spacial score (nSPS) is 12.0. The Hall–Kier alpha value is 0.0569. The number of hydrogen-bond donors (Lipinski definition) is 1. The van der Waals surface area contributed by atoms with E-state index < -0.39 is 8.80 Å². The molecule has 0 aromatic heterocycles. The van der Waals surface area contributed by atoms with Crippen LogP contribution in [0.3, 0.4) is 0 Å². The van der Waals surface area contributed by atoms with Crippen LogP contribution in [-0.2, 0) is 14.4 Å². The van der Waals surface area contributed by atoms with Gasteiger partial charge in [0, 0.05) is 6.04 Å². The topological polar surface area (TPSA) is 85.7 Å². The Morgan fingerprint density at radius 3 is 1.88 bits per heavy atom. The second kappa shape index (κ2) is 3.16. The molecule has 2 N–H and O–H groups in total. The Morgan fingerprint density at radius 2 is 1.75 bits per heavy atom. The van der Waals surface area contributed by atoms with Crippen LogP contribution in [0.4, 0.5) is 0 Å². The van der Waals surface area contributed by atoms with E-state index in [1.807, 2.05) is 0 Å². The van der Waals surface area contributed by atoms with E-state index >= 15 is 0 Å². The summed E-state index contributed by atoms with van der Waals surface area (Å²) in [6.45, 7) is 0.265. The molecule has 4 nitrogen and oxygen atoms in total. The van der Waals surface area contributed by atoms with Gasteiger partial charge in [0.25, 0.3) is 0 Å². The Kier molecular flexibility index (Phi) is 3.18. The second-order valence-electron chi connectivity index (χ2n) is 1.58. The molecule has 0 heterocycles. The predicted molar refractivity (Wildman–Crippen MR) is 26.3 cm³/mol. The highest BCUT2D eigenvalue weighted by Gasteiger charge is 2.33. The minimum atomic E-state index is -4.51. The van der Waals surface area contributed by atoms with Crippen molar-refractivity contribution in [3.63, 3.8) is 0 Å². The van der Waals surface area contributed by atoms with Gasteiger partial charge in [-0.25, -0.2) is 14.4 Å². The van der Waals surface area contributed by atoms with Crippen molar-refractivity contribution in [2.24, 2.45) is 5.73 Å². The van der Waals surface area contributed by atoms with Crippen molar-refractivity contribution in [3.8, 4) is 0 Å². The van der Waals surface area contributed by atoms with E-state index in [1.165, 1.54) is 0 Å². The quantitative estimate of drug-likeness (QED) is 0.521. The molecule has 0 fully saturated rings. The molecule has 0 aliphatic rings. The maximum Gasteiger partial charge on any atom is 0.581 e. The van der Waals surface area contributed by atoms with E-state index in [1.54, 1.807) is 0 Å². The fourth-order valence-electron chi connectivity index (χ4n) is 0.319. The maximum atomic E-state index is 9.83. The van der Waals surface area contributed by atoms with Gasteiger partial charge in [0.15, 0.2) is 0 Å². The van der Waals surface area contributed by atoms with Gasteiger partial charge in [-0.15, -0.1) is 0 Å². The van der Waals surface area contributed by atoms with Crippen LogP contribution in [0.2, 0.25) is 6.04 Å². The van der Waals surface area contributed by atoms with Crippen molar-refractivity contribution in [1.82, 2.24) is 0 Å². The molecule has 5 heteroatoms. The third-order valence-electron chi connectivity index (χ3n) is 0.687. The number of nitrogens with two attached hydrogens (primary N) is 1. The van der Waals surface area contributed by atoms with Gasteiger partial charge in [-0.3, -0.25) is 0 Å². The van der Waals surface area contributed by atoms with E-state index in [4.69, 9.17) is 5.73 Å². The van der Waals surface area contributed by atoms with Crippen molar-refractivity contribution < 1.29 is 14.4 Å². The van der Waals surface area contributed by atoms with Gasteiger partial charge in [0.2, 0.25) is 0 Å². The molecule has 3 radical (unpaired) electrons. The summed E-state index contributed by atoms with van der Waals surface area (Å²) in [6.07, 6.45) is 0.280. The first-order valence-corrected chi connectivity index (χ1v) is 4.31. The molecule has 0 unspecified atom stereocenters. The summed E-state index contributed by atoms with van der Waals surface area (Å²) in [5, 5.41) is 0. The van der Waals surface area contributed by atoms with Crippen molar-refractivity contribution in [1.29, 1.82) is 0 Å². The molecule has 0 saturated heterocycles. The SMILES string of the molecule is NCCC[Si]([O])([O])[O]. The van der Waals surface area contributed by atoms with Crippen LogP contribution in [0.15, 0.2) is 0 Å². The third kappa shape index (κ3) is 6.06. The molecule has 0 rings (SSSR count). The molecule has 0 aromatic carbocycles. The molecule has 0 spiro atoms. The van der Waals surface area contributed by atoms with Gasteiger partial charge in [-0.05, 0) is 13.0 Å². The monoisotopic (exact) mass is 134 g/mol. The lowest BCUT2D eigenvalue weighted by Crippen LogP contribution is -2.29. The van der Waals surface area contributed by atoms with Crippen LogP contribution in [0.1, 0.15) is 6.42 Å². The fourth-order valence-corrected chi connectivity index (χ4v) is 0.956. The zero-order valence-electron chi connectivity index (χ0n) is 4.42. The Balaban J connectivity index is 3.11. The molecule has 0 saturated carbocycles. The van der Waals surface area contributed by atoms with Crippen molar-refractivity contribution >= 4 is 8.80 Å². The minimum absolute atomic E-state index is 0.265. The lowest BCUT2D eigenvalue weighted by Gasteiger charge is -1.98. The van der Waals surface area contributed by atoms with Gasteiger partial charge in [0.1, 0.15) is 0 Å². The summed E-state index contributed by atoms with van der Waals surface area (Å²) in [5.41, 5.74) is 4.94. The summed E-state index contributed by atoms with van der Waals surface area (Å²) >= 11 is 0. The van der Waals surface area contributed by atoms with Crippen LogP contribution in [0.5, 0.6) is 0 Å². The Morgan fingerprint density at radius 1 is 1.25 bits per heavy atom. The smallest absolute Gasteiger partial charge is 0.330 e. The lowest BCUT2D eigenvalue weighted by molar-refractivity contribution is 0.108. The average Bonchev–Trinajstić information content (AvgIpc) is 1.59. The average molecular weight is 134 g/mol. The zero-order chi connectivity index (χ0) is 6.62. The highest BCUT2D eigenvalue weighted by molar-refractivity contribution is 6.55. The summed E-state index contributed by atoms with van der Waals surface area (Å²) in [7, 11) is -4.51. The van der Waals surface area contributed by atoms with E-state index in [-0.39, 0.29) is 19.0 Å². The molecule has 8 heavy (non-hydrogen) atoms. The van der Waals surface area contributed by atoms with Crippen molar-refractivity contribution in [2.45, 2.75) is 12.5 Å². The van der Waals surface area contributed by atoms with Crippen LogP contribution in [-0.4, -0.2) is 15.3 Å². The fraction of sp³-hybridized carbons (Fsp3) is 1.00. The third-order valence-corrected chi connectivity index (χ3v) is 1.65. The van der Waals surface area contributed by atoms with Gasteiger partial charge < -0.3 is 5.73 Å². The van der Waals surface area contributed by atoms with Crippen molar-refractivity contribution in [2.75, 3.05) is 6.54 Å². The van der Waals surface area contributed by atoms with E-state index in [2.05, 4.69) is 0 Å². The van der Waals surface area contributed by atoms with Gasteiger partial charge in [0.05, 0.1) is 0 Å². The van der Waals surface area contributed by atoms with Gasteiger partial charge in [-0.1, -0.05) is 0 Å². The summed E-state index contributed by atoms with van der Waals surface area (Å²) in [6, 6.07) is -0.288. The zero-order valence-corrected chi connectivity index (χ0v) is 5.42. The molecular formula is C3H8NO3Si. The molecule has 0 amide bonds. The molecular weight excluding hydrogens is 126 g/mol. The number of rotatable bonds is 3. The van der Waals surface area contributed by atoms with E-state index in [9.17, 15) is 14.4 Å². The van der Waals surface area contributed by atoms with Crippen LogP contribution in [0, 0.1) is 0 Å². The van der Waals surface area contributed by atoms with Crippen LogP contribution >= 0.6 is 0 Å². The van der Waals surface area contributed by atoms with Crippen molar-refractivity contribution in [3.05, 3.63) is 0 Å². The number of hydrogen-bond acceptors (Lipinski definition) is 1. The van der Waals surface area contributed by atoms with E-state index in [0.717, 1.165) is 0 Å². The molecule has 0 bridgehead atoms. The summed E-state index contributed by atoms with van der Waals surface area (Å²) < 4.78 is 0. The Labute approximate surface area is 48.9 Å². The highest BCUT2D eigenvalue weighted by atomic mass is 28.4. The molecule has 0 atom stereocenters. The lowest BCUT2D eigenvalue weighted by atomic mass is 10.5. The van der Waals surface area contributed by atoms with E-state index in [0.29, 0.717) is 0 Å².